The van der Waals surface area contributed by atoms with E-state index in [9.17, 15) is 14.7 Å². The van der Waals surface area contributed by atoms with E-state index >= 15 is 0 Å². The highest BCUT2D eigenvalue weighted by atomic mass is 35.5. The molecule has 8 heteroatoms. The molecule has 0 saturated heterocycles. The van der Waals surface area contributed by atoms with E-state index in [2.05, 4.69) is 6.92 Å². The molecule has 1 heterocycles. The number of aliphatic carboxylic acids is 1. The fourth-order valence-corrected chi connectivity index (χ4v) is 4.00. The molecule has 0 aromatic heterocycles. The summed E-state index contributed by atoms with van der Waals surface area (Å²) in [5, 5.41) is 10.6. The van der Waals surface area contributed by atoms with Gasteiger partial charge in [0.1, 0.15) is 24.5 Å². The lowest BCUT2D eigenvalue weighted by Crippen LogP contribution is -2.29. The molecule has 0 spiro atoms. The third-order valence-electron chi connectivity index (χ3n) is 5.40. The predicted octanol–water partition coefficient (Wildman–Crippen LogP) is 5.85. The van der Waals surface area contributed by atoms with Gasteiger partial charge in [0.15, 0.2) is 5.76 Å². The summed E-state index contributed by atoms with van der Waals surface area (Å²) in [4.78, 5) is 25.8. The molecule has 0 fully saturated rings. The van der Waals surface area contributed by atoms with Crippen LogP contribution in [0.5, 0.6) is 5.75 Å². The van der Waals surface area contributed by atoms with Crippen molar-refractivity contribution in [3.8, 4) is 5.75 Å². The van der Waals surface area contributed by atoms with Crippen molar-refractivity contribution >= 4 is 35.1 Å². The minimum Gasteiger partial charge on any atom is -0.489 e. The quantitative estimate of drug-likeness (QED) is 0.376. The van der Waals surface area contributed by atoms with Crippen LogP contribution in [0.1, 0.15) is 43.7 Å². The Kier molecular flexibility index (Phi) is 9.03. The predicted molar refractivity (Wildman–Crippen MR) is 127 cm³/mol. The molecule has 0 saturated carbocycles. The normalized spacial score (nSPS) is 13.5. The molecule has 1 amide bonds. The zero-order valence-electron chi connectivity index (χ0n) is 18.5. The first kappa shape index (κ1) is 24.9. The molecule has 3 rings (SSSR count). The van der Waals surface area contributed by atoms with Gasteiger partial charge in [0.05, 0.1) is 6.54 Å². The minimum absolute atomic E-state index is 0.00654. The second kappa shape index (κ2) is 12.0. The van der Waals surface area contributed by atoms with Gasteiger partial charge in [-0.2, -0.15) is 0 Å². The van der Waals surface area contributed by atoms with Gasteiger partial charge in [-0.15, -0.1) is 0 Å². The van der Waals surface area contributed by atoms with Crippen LogP contribution < -0.4 is 4.74 Å². The summed E-state index contributed by atoms with van der Waals surface area (Å²) in [5.41, 5.74) is 1.50. The van der Waals surface area contributed by atoms with Crippen molar-refractivity contribution in [3.63, 3.8) is 0 Å². The third kappa shape index (κ3) is 6.65. The van der Waals surface area contributed by atoms with Crippen LogP contribution in [0.15, 0.2) is 53.8 Å². The first-order valence-corrected chi connectivity index (χ1v) is 11.7. The van der Waals surface area contributed by atoms with Crippen LogP contribution in [0.3, 0.4) is 0 Å². The third-order valence-corrected chi connectivity index (χ3v) is 6.10. The molecule has 0 unspecified atom stereocenters. The molecule has 0 bridgehead atoms. The number of amides is 1. The van der Waals surface area contributed by atoms with Crippen LogP contribution >= 0.6 is 23.2 Å². The van der Waals surface area contributed by atoms with Gasteiger partial charge in [-0.05, 0) is 36.2 Å². The molecule has 1 aliphatic rings. The monoisotopic (exact) mass is 491 g/mol. The SMILES string of the molecule is CCCCCCN1CC(C(=O)O)=C(OCc2ccc(OCc3c(Cl)cccc3Cl)cc2)C1=O. The maximum absolute atomic E-state index is 12.7. The van der Waals surface area contributed by atoms with Gasteiger partial charge in [-0.1, -0.05) is 67.6 Å². The van der Waals surface area contributed by atoms with E-state index in [0.29, 0.717) is 27.9 Å². The zero-order valence-corrected chi connectivity index (χ0v) is 20.0. The number of carboxylic acids is 1. The van der Waals surface area contributed by atoms with Gasteiger partial charge in [0, 0.05) is 22.2 Å². The molecule has 0 atom stereocenters. The highest BCUT2D eigenvalue weighted by molar-refractivity contribution is 6.35. The molecule has 2 aromatic carbocycles. The lowest BCUT2D eigenvalue weighted by molar-refractivity contribution is -0.133. The van der Waals surface area contributed by atoms with E-state index < -0.39 is 5.97 Å². The summed E-state index contributed by atoms with van der Waals surface area (Å²) < 4.78 is 11.4. The van der Waals surface area contributed by atoms with Crippen molar-refractivity contribution in [1.82, 2.24) is 4.90 Å². The van der Waals surface area contributed by atoms with Crippen LogP contribution in [-0.2, 0) is 27.5 Å². The number of carbonyl (C=O) groups is 2. The Hall–Kier alpha value is -2.70. The van der Waals surface area contributed by atoms with Crippen molar-refractivity contribution in [2.75, 3.05) is 13.1 Å². The van der Waals surface area contributed by atoms with Gasteiger partial charge in [0.25, 0.3) is 5.91 Å². The Morgan fingerprint density at radius 3 is 2.33 bits per heavy atom. The van der Waals surface area contributed by atoms with E-state index in [1.54, 1.807) is 47.4 Å². The van der Waals surface area contributed by atoms with Crippen molar-refractivity contribution in [1.29, 1.82) is 0 Å². The summed E-state index contributed by atoms with van der Waals surface area (Å²) in [6.45, 7) is 3.03. The average Bonchev–Trinajstić information content (AvgIpc) is 3.11. The van der Waals surface area contributed by atoms with Gasteiger partial charge in [-0.25, -0.2) is 4.79 Å². The molecule has 176 valence electrons. The first-order chi connectivity index (χ1) is 15.9. The largest absolute Gasteiger partial charge is 0.489 e. The van der Waals surface area contributed by atoms with Crippen LogP contribution in [0.4, 0.5) is 0 Å². The molecule has 1 N–H and O–H groups in total. The number of rotatable bonds is 12. The second-order valence-electron chi connectivity index (χ2n) is 7.82. The van der Waals surface area contributed by atoms with Gasteiger partial charge >= 0.3 is 5.97 Å². The molecule has 0 radical (unpaired) electrons. The summed E-state index contributed by atoms with van der Waals surface area (Å²) in [7, 11) is 0. The number of unbranched alkanes of at least 4 members (excludes halogenated alkanes) is 3. The molecule has 0 aliphatic carbocycles. The fraction of sp³-hybridized carbons (Fsp3) is 0.360. The summed E-state index contributed by atoms with van der Waals surface area (Å²) in [5.74, 6) is -0.945. The van der Waals surface area contributed by atoms with Crippen molar-refractivity contribution in [2.45, 2.75) is 45.8 Å². The molecular weight excluding hydrogens is 465 g/mol. The van der Waals surface area contributed by atoms with Crippen LogP contribution in [0.2, 0.25) is 10.0 Å². The Bertz CT molecular complexity index is 1000. The lowest BCUT2D eigenvalue weighted by atomic mass is 10.2. The maximum atomic E-state index is 12.7. The summed E-state index contributed by atoms with van der Waals surface area (Å²) >= 11 is 12.3. The molecular formula is C25H27Cl2NO5. The lowest BCUT2D eigenvalue weighted by Gasteiger charge is -2.16. The molecule has 2 aromatic rings. The van der Waals surface area contributed by atoms with Crippen LogP contribution in [0.25, 0.3) is 0 Å². The number of carbonyl (C=O) groups excluding carboxylic acids is 1. The van der Waals surface area contributed by atoms with E-state index in [1.165, 1.54) is 0 Å². The number of nitrogens with zero attached hydrogens (tertiary/aromatic N) is 1. The van der Waals surface area contributed by atoms with E-state index in [1.807, 2.05) is 0 Å². The van der Waals surface area contributed by atoms with E-state index in [0.717, 1.165) is 31.2 Å². The number of hydrogen-bond donors (Lipinski definition) is 1. The highest BCUT2D eigenvalue weighted by Crippen LogP contribution is 2.27. The smallest absolute Gasteiger partial charge is 0.337 e. The fourth-order valence-electron chi connectivity index (χ4n) is 3.49. The first-order valence-electron chi connectivity index (χ1n) is 10.9. The standard InChI is InChI=1S/C25H27Cl2NO5/c1-2-3-4-5-13-28-14-19(25(30)31)23(24(28)29)33-15-17-9-11-18(12-10-17)32-16-20-21(26)7-6-8-22(20)27/h6-12H,2-5,13-16H2,1H3,(H,30,31). The van der Waals surface area contributed by atoms with Crippen LogP contribution in [0, 0.1) is 0 Å². The maximum Gasteiger partial charge on any atom is 0.337 e. The van der Waals surface area contributed by atoms with Gasteiger partial charge in [0.2, 0.25) is 0 Å². The number of carboxylic acid groups (broad SMARTS) is 1. The molecule has 1 aliphatic heterocycles. The van der Waals surface area contributed by atoms with Gasteiger partial charge in [-0.3, -0.25) is 4.79 Å². The Balaban J connectivity index is 1.56. The summed E-state index contributed by atoms with van der Waals surface area (Å²) in [6, 6.07) is 12.4. The Morgan fingerprint density at radius 2 is 1.70 bits per heavy atom. The Morgan fingerprint density at radius 1 is 1.00 bits per heavy atom. The van der Waals surface area contributed by atoms with Crippen LogP contribution in [-0.4, -0.2) is 35.0 Å². The molecule has 6 nitrogen and oxygen atoms in total. The minimum atomic E-state index is -1.13. The number of ether oxygens (including phenoxy) is 2. The second-order valence-corrected chi connectivity index (χ2v) is 8.64. The van der Waals surface area contributed by atoms with E-state index in [-0.39, 0.29) is 37.0 Å². The summed E-state index contributed by atoms with van der Waals surface area (Å²) in [6.07, 6.45) is 4.05. The number of halogens is 2. The van der Waals surface area contributed by atoms with Crippen molar-refractivity contribution < 1.29 is 24.2 Å². The topological polar surface area (TPSA) is 76.1 Å². The van der Waals surface area contributed by atoms with Gasteiger partial charge < -0.3 is 19.5 Å². The van der Waals surface area contributed by atoms with E-state index in [4.69, 9.17) is 32.7 Å². The highest BCUT2D eigenvalue weighted by Gasteiger charge is 2.35. The molecule has 33 heavy (non-hydrogen) atoms. The number of hydrogen-bond acceptors (Lipinski definition) is 4. The average molecular weight is 492 g/mol. The van der Waals surface area contributed by atoms with Crippen molar-refractivity contribution in [2.24, 2.45) is 0 Å². The Labute approximate surface area is 203 Å². The van der Waals surface area contributed by atoms with Crippen molar-refractivity contribution in [3.05, 3.63) is 75.0 Å². The number of benzene rings is 2. The zero-order chi connectivity index (χ0) is 23.8.